The number of amides is 2. The van der Waals surface area contributed by atoms with Crippen LogP contribution in [0.4, 0.5) is 5.13 Å². The van der Waals surface area contributed by atoms with Crippen LogP contribution in [0, 0.1) is 5.92 Å². The van der Waals surface area contributed by atoms with Crippen molar-refractivity contribution in [2.24, 2.45) is 5.92 Å². The van der Waals surface area contributed by atoms with Crippen LogP contribution in [0.1, 0.15) is 24.4 Å². The fourth-order valence-corrected chi connectivity index (χ4v) is 3.74. The Labute approximate surface area is 164 Å². The van der Waals surface area contributed by atoms with Crippen molar-refractivity contribution < 1.29 is 23.5 Å². The van der Waals surface area contributed by atoms with E-state index in [2.05, 4.69) is 15.6 Å². The lowest BCUT2D eigenvalue weighted by molar-refractivity contribution is -0.118. The number of benzene rings is 1. The van der Waals surface area contributed by atoms with Crippen LogP contribution >= 0.6 is 11.3 Å². The average Bonchev–Trinajstić information content (AvgIpc) is 3.32. The summed E-state index contributed by atoms with van der Waals surface area (Å²) in [7, 11) is 0. The van der Waals surface area contributed by atoms with E-state index >= 15 is 0 Å². The summed E-state index contributed by atoms with van der Waals surface area (Å²) >= 11 is 1.33. The topological polar surface area (TPSA) is 103 Å². The maximum atomic E-state index is 12.8. The highest BCUT2D eigenvalue weighted by Gasteiger charge is 2.26. The summed E-state index contributed by atoms with van der Waals surface area (Å²) in [5, 5.41) is 5.95. The molecule has 0 aliphatic carbocycles. The number of aromatic nitrogens is 1. The van der Waals surface area contributed by atoms with Gasteiger partial charge in [-0.15, -0.1) is 0 Å². The molecule has 2 amide bonds. The molecule has 9 heteroatoms. The normalized spacial score (nSPS) is 14.1. The number of rotatable bonds is 5. The minimum atomic E-state index is -0.732. The van der Waals surface area contributed by atoms with E-state index in [-0.39, 0.29) is 17.6 Å². The molecule has 1 atom stereocenters. The van der Waals surface area contributed by atoms with Crippen molar-refractivity contribution in [1.82, 2.24) is 10.3 Å². The van der Waals surface area contributed by atoms with Gasteiger partial charge in [0, 0.05) is 12.1 Å². The number of hydrogen-bond donors (Lipinski definition) is 2. The Morgan fingerprint density at radius 2 is 1.93 bits per heavy atom. The molecule has 28 heavy (non-hydrogen) atoms. The molecule has 1 aliphatic heterocycles. The molecule has 0 fully saturated rings. The van der Waals surface area contributed by atoms with Crippen molar-refractivity contribution >= 4 is 38.5 Å². The van der Waals surface area contributed by atoms with Crippen molar-refractivity contribution in [3.8, 4) is 11.5 Å². The maximum Gasteiger partial charge on any atom is 0.287 e. The third-order valence-electron chi connectivity index (χ3n) is 4.26. The number of furan rings is 1. The number of carbonyl (C=O) groups excluding carboxylic acids is 2. The van der Waals surface area contributed by atoms with E-state index < -0.39 is 11.9 Å². The van der Waals surface area contributed by atoms with Gasteiger partial charge in [-0.05, 0) is 18.1 Å². The van der Waals surface area contributed by atoms with Gasteiger partial charge in [-0.25, -0.2) is 4.98 Å². The minimum absolute atomic E-state index is 0.123. The van der Waals surface area contributed by atoms with Crippen LogP contribution in [-0.2, 0) is 4.79 Å². The van der Waals surface area contributed by atoms with Gasteiger partial charge in [0.2, 0.25) is 5.91 Å². The van der Waals surface area contributed by atoms with Gasteiger partial charge >= 0.3 is 0 Å². The number of hydrogen-bond acceptors (Lipinski definition) is 7. The molecule has 4 rings (SSSR count). The molecule has 1 aromatic carbocycles. The molecule has 146 valence electrons. The number of anilines is 1. The molecule has 0 saturated heterocycles. The number of thiazole rings is 1. The SMILES string of the molecule is CC(C)[C@@H](NC(=O)c1ccco1)C(=O)Nc1nc2cc3c(cc2s1)OCCO3. The molecule has 2 aromatic heterocycles. The monoisotopic (exact) mass is 401 g/mol. The quantitative estimate of drug-likeness (QED) is 0.681. The predicted octanol–water partition coefficient (Wildman–Crippen LogP) is 3.05. The molecule has 0 bridgehead atoms. The first-order valence-corrected chi connectivity index (χ1v) is 9.68. The fraction of sp³-hybridized carbons (Fsp3) is 0.316. The van der Waals surface area contributed by atoms with Gasteiger partial charge < -0.3 is 24.5 Å². The summed E-state index contributed by atoms with van der Waals surface area (Å²) in [6.45, 7) is 4.71. The highest BCUT2D eigenvalue weighted by molar-refractivity contribution is 7.22. The number of nitrogens with one attached hydrogen (secondary N) is 2. The van der Waals surface area contributed by atoms with Crippen molar-refractivity contribution in [2.45, 2.75) is 19.9 Å². The van der Waals surface area contributed by atoms with Crippen LogP contribution in [0.25, 0.3) is 10.2 Å². The third-order valence-corrected chi connectivity index (χ3v) is 5.20. The first kappa shape index (κ1) is 18.3. The zero-order chi connectivity index (χ0) is 19.7. The molecule has 0 unspecified atom stereocenters. The van der Waals surface area contributed by atoms with Gasteiger partial charge in [0.25, 0.3) is 5.91 Å². The molecule has 0 spiro atoms. The van der Waals surface area contributed by atoms with Crippen LogP contribution in [0.3, 0.4) is 0 Å². The number of nitrogens with zero attached hydrogens (tertiary/aromatic N) is 1. The van der Waals surface area contributed by atoms with Gasteiger partial charge in [0.1, 0.15) is 19.3 Å². The van der Waals surface area contributed by atoms with Crippen LogP contribution in [0.15, 0.2) is 34.9 Å². The van der Waals surface area contributed by atoms with Gasteiger partial charge in [-0.3, -0.25) is 9.59 Å². The van der Waals surface area contributed by atoms with E-state index in [1.54, 1.807) is 18.2 Å². The molecule has 0 saturated carbocycles. The second-order valence-corrected chi connectivity index (χ2v) is 7.67. The number of ether oxygens (including phenoxy) is 2. The van der Waals surface area contributed by atoms with Gasteiger partial charge in [-0.1, -0.05) is 25.2 Å². The lowest BCUT2D eigenvalue weighted by atomic mass is 10.0. The first-order valence-electron chi connectivity index (χ1n) is 8.86. The van der Waals surface area contributed by atoms with E-state index in [1.807, 2.05) is 19.9 Å². The molecular weight excluding hydrogens is 382 g/mol. The van der Waals surface area contributed by atoms with Crippen LogP contribution in [0.2, 0.25) is 0 Å². The fourth-order valence-electron chi connectivity index (χ4n) is 2.86. The van der Waals surface area contributed by atoms with Crippen molar-refractivity contribution in [2.75, 3.05) is 18.5 Å². The molecule has 0 radical (unpaired) electrons. The van der Waals surface area contributed by atoms with Crippen molar-refractivity contribution in [1.29, 1.82) is 0 Å². The summed E-state index contributed by atoms with van der Waals surface area (Å²) in [4.78, 5) is 29.4. The lowest BCUT2D eigenvalue weighted by Gasteiger charge is -2.20. The third kappa shape index (κ3) is 3.65. The Morgan fingerprint density at radius 1 is 1.18 bits per heavy atom. The summed E-state index contributed by atoms with van der Waals surface area (Å²) in [5.41, 5.74) is 0.713. The average molecular weight is 401 g/mol. The summed E-state index contributed by atoms with van der Waals surface area (Å²) < 4.78 is 17.1. The van der Waals surface area contributed by atoms with E-state index in [4.69, 9.17) is 13.9 Å². The summed E-state index contributed by atoms with van der Waals surface area (Å²) in [6.07, 6.45) is 1.41. The predicted molar refractivity (Wildman–Crippen MR) is 104 cm³/mol. The standard InChI is InChI=1S/C19H19N3O5S/c1-10(2)16(21-17(23)12-4-3-5-25-12)18(24)22-19-20-11-8-13-14(9-15(11)28-19)27-7-6-26-13/h3-5,8-10,16H,6-7H2,1-2H3,(H,21,23)(H,20,22,24)/t16-/m1/s1. The van der Waals surface area contributed by atoms with Crippen molar-refractivity contribution in [3.05, 3.63) is 36.3 Å². The van der Waals surface area contributed by atoms with Crippen LogP contribution in [0.5, 0.6) is 11.5 Å². The maximum absolute atomic E-state index is 12.8. The van der Waals surface area contributed by atoms with Crippen LogP contribution in [-0.4, -0.2) is 36.1 Å². The molecule has 1 aliphatic rings. The first-order chi connectivity index (χ1) is 13.5. The second-order valence-electron chi connectivity index (χ2n) is 6.64. The zero-order valence-corrected chi connectivity index (χ0v) is 16.2. The molecular formula is C19H19N3O5S. The highest BCUT2D eigenvalue weighted by Crippen LogP contribution is 2.37. The van der Waals surface area contributed by atoms with E-state index in [9.17, 15) is 9.59 Å². The molecule has 2 N–H and O–H groups in total. The van der Waals surface area contributed by atoms with Gasteiger partial charge in [-0.2, -0.15) is 0 Å². The van der Waals surface area contributed by atoms with E-state index in [0.717, 1.165) is 4.70 Å². The minimum Gasteiger partial charge on any atom is -0.486 e. The van der Waals surface area contributed by atoms with Gasteiger partial charge in [0.05, 0.1) is 16.5 Å². The van der Waals surface area contributed by atoms with E-state index in [1.165, 1.54) is 17.6 Å². The van der Waals surface area contributed by atoms with Crippen molar-refractivity contribution in [3.63, 3.8) is 0 Å². The van der Waals surface area contributed by atoms with Gasteiger partial charge in [0.15, 0.2) is 22.4 Å². The highest BCUT2D eigenvalue weighted by atomic mass is 32.1. The Bertz CT molecular complexity index is 969. The number of fused-ring (bicyclic) bond motifs is 2. The Balaban J connectivity index is 1.51. The molecule has 3 aromatic rings. The Kier molecular flexibility index (Phi) is 4.91. The second kappa shape index (κ2) is 7.51. The largest absolute Gasteiger partial charge is 0.486 e. The smallest absolute Gasteiger partial charge is 0.287 e. The Morgan fingerprint density at radius 3 is 2.61 bits per heavy atom. The Hall–Kier alpha value is -3.07. The van der Waals surface area contributed by atoms with E-state index in [0.29, 0.717) is 35.4 Å². The lowest BCUT2D eigenvalue weighted by Crippen LogP contribution is -2.47. The molecule has 8 nitrogen and oxygen atoms in total. The molecule has 3 heterocycles. The zero-order valence-electron chi connectivity index (χ0n) is 15.4. The summed E-state index contributed by atoms with van der Waals surface area (Å²) in [5.74, 6) is 0.571. The number of carbonyl (C=O) groups is 2. The summed E-state index contributed by atoms with van der Waals surface area (Å²) in [6, 6.07) is 6.09. The van der Waals surface area contributed by atoms with Crippen LogP contribution < -0.4 is 20.1 Å².